The molecule has 1 atom stereocenters. The highest BCUT2D eigenvalue weighted by atomic mass is 35.5. The number of rotatable bonds is 9. The Morgan fingerprint density at radius 3 is 2.56 bits per heavy atom. The lowest BCUT2D eigenvalue weighted by Crippen LogP contribution is -2.43. The number of carbonyl (C=O) groups is 1. The van der Waals surface area contributed by atoms with E-state index >= 15 is 0 Å². The normalized spacial score (nSPS) is 14.7. The SMILES string of the molecule is CCN(CC)C(=O)C1=C(C)N=c2s/c(=C/c3cccc(OCc4ccc(Cl)cc4Cl)c3)c(=O)n2[C@@H]1c1ccccc1OC. The molecule has 43 heavy (non-hydrogen) atoms. The van der Waals surface area contributed by atoms with Crippen molar-refractivity contribution in [2.45, 2.75) is 33.4 Å². The minimum absolute atomic E-state index is 0.151. The molecule has 0 saturated carbocycles. The van der Waals surface area contributed by atoms with Gasteiger partial charge in [-0.3, -0.25) is 14.2 Å². The number of halogens is 2. The van der Waals surface area contributed by atoms with Gasteiger partial charge in [0.05, 0.1) is 22.9 Å². The van der Waals surface area contributed by atoms with Gasteiger partial charge in [-0.2, -0.15) is 0 Å². The first kappa shape index (κ1) is 30.6. The molecule has 1 aromatic heterocycles. The monoisotopic (exact) mass is 635 g/mol. The van der Waals surface area contributed by atoms with Gasteiger partial charge in [-0.05, 0) is 62.7 Å². The number of carbonyl (C=O) groups excluding carboxylic acids is 1. The van der Waals surface area contributed by atoms with Crippen molar-refractivity contribution in [1.29, 1.82) is 0 Å². The number of likely N-dealkylation sites (N-methyl/N-ethyl adjacent to an activating group) is 1. The standard InChI is InChI=1S/C33H31Cl2N3O4S/c1-5-37(6-2)32(40)29-20(3)36-33-38(30(29)25-12-7-8-13-27(25)41-4)31(39)28(43-33)17-21-10-9-11-24(16-21)42-19-22-14-15-23(34)18-26(22)35/h7-18,30H,5-6,19H2,1-4H3/b28-17+/t30-/m1/s1. The summed E-state index contributed by atoms with van der Waals surface area (Å²) in [5.74, 6) is 1.07. The maximum Gasteiger partial charge on any atom is 0.271 e. The van der Waals surface area contributed by atoms with Crippen LogP contribution in [0.2, 0.25) is 10.0 Å². The molecule has 0 N–H and O–H groups in total. The second-order valence-corrected chi connectivity index (χ2v) is 11.8. The van der Waals surface area contributed by atoms with Crippen molar-refractivity contribution >= 4 is 46.5 Å². The number of aromatic nitrogens is 1. The third-order valence-electron chi connectivity index (χ3n) is 7.30. The average molecular weight is 637 g/mol. The van der Waals surface area contributed by atoms with Crippen LogP contribution in [-0.2, 0) is 11.4 Å². The summed E-state index contributed by atoms with van der Waals surface area (Å²) >= 11 is 13.6. The zero-order valence-corrected chi connectivity index (χ0v) is 26.6. The molecule has 0 unspecified atom stereocenters. The summed E-state index contributed by atoms with van der Waals surface area (Å²) in [6.45, 7) is 7.04. The molecular formula is C33H31Cl2N3O4S. The van der Waals surface area contributed by atoms with Crippen molar-refractivity contribution in [3.8, 4) is 11.5 Å². The van der Waals surface area contributed by atoms with Crippen LogP contribution >= 0.6 is 34.5 Å². The van der Waals surface area contributed by atoms with Crippen LogP contribution in [0.15, 0.2) is 87.8 Å². The second-order valence-electron chi connectivity index (χ2n) is 9.90. The number of allylic oxidation sites excluding steroid dienone is 1. The number of hydrogen-bond acceptors (Lipinski definition) is 6. The molecule has 222 valence electrons. The van der Waals surface area contributed by atoms with Crippen LogP contribution in [0, 0.1) is 0 Å². The topological polar surface area (TPSA) is 73.1 Å². The molecule has 3 aromatic carbocycles. The molecule has 0 radical (unpaired) electrons. The second kappa shape index (κ2) is 13.2. The maximum absolute atomic E-state index is 14.1. The first-order valence-corrected chi connectivity index (χ1v) is 15.4. The minimum atomic E-state index is -0.693. The molecule has 0 bridgehead atoms. The third kappa shape index (κ3) is 6.27. The van der Waals surface area contributed by atoms with Crippen molar-refractivity contribution in [3.05, 3.63) is 124 Å². The number of para-hydroxylation sites is 1. The van der Waals surface area contributed by atoms with Gasteiger partial charge in [0.2, 0.25) is 0 Å². The smallest absolute Gasteiger partial charge is 0.271 e. The number of hydrogen-bond donors (Lipinski definition) is 0. The number of benzene rings is 3. The predicted molar refractivity (Wildman–Crippen MR) is 172 cm³/mol. The van der Waals surface area contributed by atoms with Crippen LogP contribution < -0.4 is 24.4 Å². The Labute approximate surface area is 263 Å². The molecule has 1 amide bonds. The van der Waals surface area contributed by atoms with Crippen molar-refractivity contribution in [2.75, 3.05) is 20.2 Å². The van der Waals surface area contributed by atoms with Crippen LogP contribution in [0.5, 0.6) is 11.5 Å². The molecule has 0 saturated heterocycles. The maximum atomic E-state index is 14.1. The fourth-order valence-corrected chi connectivity index (χ4v) is 6.62. The fourth-order valence-electron chi connectivity index (χ4n) is 5.11. The van der Waals surface area contributed by atoms with Gasteiger partial charge in [0, 0.05) is 34.3 Å². The van der Waals surface area contributed by atoms with E-state index in [4.69, 9.17) is 37.7 Å². The number of amides is 1. The van der Waals surface area contributed by atoms with E-state index in [1.165, 1.54) is 11.3 Å². The summed E-state index contributed by atoms with van der Waals surface area (Å²) in [4.78, 5) is 34.9. The molecule has 5 rings (SSSR count). The van der Waals surface area contributed by atoms with Crippen LogP contribution in [0.1, 0.15) is 43.5 Å². The summed E-state index contributed by atoms with van der Waals surface area (Å²) in [6.07, 6.45) is 1.82. The molecule has 0 aliphatic carbocycles. The Morgan fingerprint density at radius 2 is 1.84 bits per heavy atom. The van der Waals surface area contributed by atoms with Crippen LogP contribution in [0.4, 0.5) is 0 Å². The van der Waals surface area contributed by atoms with Crippen molar-refractivity contribution in [1.82, 2.24) is 9.47 Å². The number of fused-ring (bicyclic) bond motifs is 1. The molecule has 0 fully saturated rings. The van der Waals surface area contributed by atoms with Crippen LogP contribution in [0.3, 0.4) is 0 Å². The van der Waals surface area contributed by atoms with Gasteiger partial charge in [-0.1, -0.05) is 70.9 Å². The van der Waals surface area contributed by atoms with Crippen LogP contribution in [-0.4, -0.2) is 35.6 Å². The highest BCUT2D eigenvalue weighted by Gasteiger charge is 2.35. The summed E-state index contributed by atoms with van der Waals surface area (Å²) in [5.41, 5.74) is 3.12. The molecule has 2 heterocycles. The summed E-state index contributed by atoms with van der Waals surface area (Å²) in [5, 5.41) is 1.09. The lowest BCUT2D eigenvalue weighted by Gasteiger charge is -2.29. The lowest BCUT2D eigenvalue weighted by atomic mass is 9.94. The zero-order valence-electron chi connectivity index (χ0n) is 24.3. The Balaban J connectivity index is 1.57. The summed E-state index contributed by atoms with van der Waals surface area (Å²) in [7, 11) is 1.58. The summed E-state index contributed by atoms with van der Waals surface area (Å²) < 4.78 is 13.8. The van der Waals surface area contributed by atoms with E-state index in [1.807, 2.05) is 81.4 Å². The molecule has 10 heteroatoms. The zero-order chi connectivity index (χ0) is 30.7. The third-order valence-corrected chi connectivity index (χ3v) is 8.87. The van der Waals surface area contributed by atoms with Gasteiger partial charge in [0.25, 0.3) is 11.5 Å². The molecular weight excluding hydrogens is 605 g/mol. The Kier molecular flexibility index (Phi) is 9.40. The first-order chi connectivity index (χ1) is 20.7. The van der Waals surface area contributed by atoms with E-state index in [1.54, 1.807) is 28.7 Å². The van der Waals surface area contributed by atoms with Gasteiger partial charge in [-0.25, -0.2) is 4.99 Å². The quantitative estimate of drug-likeness (QED) is 0.226. The highest BCUT2D eigenvalue weighted by molar-refractivity contribution is 7.07. The number of methoxy groups -OCH3 is 1. The first-order valence-electron chi connectivity index (χ1n) is 13.9. The van der Waals surface area contributed by atoms with Gasteiger partial charge in [-0.15, -0.1) is 0 Å². The van der Waals surface area contributed by atoms with E-state index in [0.717, 1.165) is 16.7 Å². The Hall–Kier alpha value is -3.85. The molecule has 4 aromatic rings. The Morgan fingerprint density at radius 1 is 1.07 bits per heavy atom. The van der Waals surface area contributed by atoms with E-state index in [9.17, 15) is 9.59 Å². The molecule has 1 aliphatic heterocycles. The molecule has 0 spiro atoms. The van der Waals surface area contributed by atoms with Gasteiger partial charge in [0.15, 0.2) is 4.80 Å². The van der Waals surface area contributed by atoms with E-state index < -0.39 is 6.04 Å². The Bertz CT molecular complexity index is 1890. The van der Waals surface area contributed by atoms with Gasteiger partial charge in [0.1, 0.15) is 24.1 Å². The van der Waals surface area contributed by atoms with E-state index in [-0.39, 0.29) is 18.1 Å². The molecule has 1 aliphatic rings. The fraction of sp³-hybridized carbons (Fsp3) is 0.242. The number of ether oxygens (including phenoxy) is 2. The van der Waals surface area contributed by atoms with Crippen molar-refractivity contribution < 1.29 is 14.3 Å². The van der Waals surface area contributed by atoms with Crippen molar-refractivity contribution in [3.63, 3.8) is 0 Å². The van der Waals surface area contributed by atoms with E-state index in [0.29, 0.717) is 55.2 Å². The van der Waals surface area contributed by atoms with Crippen molar-refractivity contribution in [2.24, 2.45) is 4.99 Å². The largest absolute Gasteiger partial charge is 0.496 e. The number of nitrogens with zero attached hydrogens (tertiary/aromatic N) is 3. The highest BCUT2D eigenvalue weighted by Crippen LogP contribution is 2.36. The lowest BCUT2D eigenvalue weighted by molar-refractivity contribution is -0.127. The minimum Gasteiger partial charge on any atom is -0.496 e. The molecule has 7 nitrogen and oxygen atoms in total. The summed E-state index contributed by atoms with van der Waals surface area (Å²) in [6, 6.07) is 19.5. The predicted octanol–water partition coefficient (Wildman–Crippen LogP) is 6.00. The van der Waals surface area contributed by atoms with Crippen LogP contribution in [0.25, 0.3) is 6.08 Å². The van der Waals surface area contributed by atoms with Gasteiger partial charge >= 0.3 is 0 Å². The average Bonchev–Trinajstić information content (AvgIpc) is 3.30. The van der Waals surface area contributed by atoms with E-state index in [2.05, 4.69) is 0 Å². The van der Waals surface area contributed by atoms with Gasteiger partial charge < -0.3 is 14.4 Å². The number of thiazole rings is 1.